The van der Waals surface area contributed by atoms with Crippen LogP contribution >= 0.6 is 23.2 Å². The summed E-state index contributed by atoms with van der Waals surface area (Å²) in [6.45, 7) is 3.42. The topological polar surface area (TPSA) is 71.1 Å². The van der Waals surface area contributed by atoms with Crippen molar-refractivity contribution in [1.82, 2.24) is 10.3 Å². The van der Waals surface area contributed by atoms with Crippen LogP contribution in [-0.4, -0.2) is 16.8 Å². The summed E-state index contributed by atoms with van der Waals surface area (Å²) in [6, 6.07) is 8.28. The van der Waals surface area contributed by atoms with Crippen molar-refractivity contribution < 1.29 is 9.59 Å². The highest BCUT2D eigenvalue weighted by Gasteiger charge is 2.36. The zero-order valence-corrected chi connectivity index (χ0v) is 14.8. The molecule has 7 heteroatoms. The number of pyridine rings is 1. The van der Waals surface area contributed by atoms with Gasteiger partial charge in [0.1, 0.15) is 5.41 Å². The Morgan fingerprint density at radius 2 is 1.62 bits per heavy atom. The molecule has 0 aliphatic carbocycles. The van der Waals surface area contributed by atoms with Crippen molar-refractivity contribution in [3.63, 3.8) is 0 Å². The van der Waals surface area contributed by atoms with E-state index in [0.29, 0.717) is 22.3 Å². The molecule has 0 saturated carbocycles. The largest absolute Gasteiger partial charge is 0.351 e. The molecule has 0 fully saturated rings. The number of hydrogen-bond acceptors (Lipinski definition) is 3. The van der Waals surface area contributed by atoms with Crippen LogP contribution in [0, 0.1) is 5.41 Å². The normalized spacial score (nSPS) is 11.0. The minimum atomic E-state index is -1.26. The van der Waals surface area contributed by atoms with Gasteiger partial charge < -0.3 is 10.6 Å². The zero-order chi connectivity index (χ0) is 17.7. The molecule has 0 saturated heterocycles. The molecule has 126 valence electrons. The molecule has 5 nitrogen and oxygen atoms in total. The molecule has 0 aliphatic heterocycles. The first-order valence-electron chi connectivity index (χ1n) is 7.24. The van der Waals surface area contributed by atoms with Crippen LogP contribution in [0.25, 0.3) is 0 Å². The van der Waals surface area contributed by atoms with Crippen molar-refractivity contribution in [2.75, 3.05) is 5.32 Å². The summed E-state index contributed by atoms with van der Waals surface area (Å²) in [7, 11) is 0. The Bertz CT molecular complexity index is 729. The van der Waals surface area contributed by atoms with Crippen LogP contribution in [0.5, 0.6) is 0 Å². The lowest BCUT2D eigenvalue weighted by Crippen LogP contribution is -2.44. The fourth-order valence-electron chi connectivity index (χ4n) is 1.92. The smallest absolute Gasteiger partial charge is 0.239 e. The second-order valence-corrected chi connectivity index (χ2v) is 6.65. The molecule has 2 aromatic rings. The van der Waals surface area contributed by atoms with Gasteiger partial charge in [0.2, 0.25) is 11.8 Å². The minimum Gasteiger partial charge on any atom is -0.351 e. The van der Waals surface area contributed by atoms with Gasteiger partial charge in [0.15, 0.2) is 0 Å². The quantitative estimate of drug-likeness (QED) is 0.794. The number of hydrogen-bond donors (Lipinski definition) is 2. The maximum absolute atomic E-state index is 12.4. The standard InChI is InChI=1S/C17H17Cl2N3O2/c1-17(2,15(23)21-10-11-3-5-20-6-4-11)16(24)22-14-8-12(18)7-13(19)9-14/h3-9H,10H2,1-2H3,(H,21,23)(H,22,24). The molecular formula is C17H17Cl2N3O2. The minimum absolute atomic E-state index is 0.320. The molecule has 24 heavy (non-hydrogen) atoms. The number of anilines is 1. The molecular weight excluding hydrogens is 349 g/mol. The number of benzene rings is 1. The number of rotatable bonds is 5. The fourth-order valence-corrected chi connectivity index (χ4v) is 2.45. The first kappa shape index (κ1) is 18.2. The van der Waals surface area contributed by atoms with E-state index >= 15 is 0 Å². The highest BCUT2D eigenvalue weighted by Crippen LogP contribution is 2.25. The Morgan fingerprint density at radius 1 is 1.04 bits per heavy atom. The number of nitrogens with one attached hydrogen (secondary N) is 2. The van der Waals surface area contributed by atoms with Crippen molar-refractivity contribution in [2.45, 2.75) is 20.4 Å². The molecule has 2 amide bonds. The van der Waals surface area contributed by atoms with E-state index in [1.54, 1.807) is 56.6 Å². The first-order chi connectivity index (χ1) is 11.3. The Kier molecular flexibility index (Phi) is 5.80. The molecule has 0 radical (unpaired) electrons. The van der Waals surface area contributed by atoms with Crippen molar-refractivity contribution in [1.29, 1.82) is 0 Å². The number of aromatic nitrogens is 1. The van der Waals surface area contributed by atoms with Crippen LogP contribution < -0.4 is 10.6 Å². The molecule has 0 spiro atoms. The Balaban J connectivity index is 2.02. The molecule has 0 bridgehead atoms. The van der Waals surface area contributed by atoms with E-state index in [2.05, 4.69) is 15.6 Å². The second-order valence-electron chi connectivity index (χ2n) is 5.78. The van der Waals surface area contributed by atoms with Gasteiger partial charge in [0.25, 0.3) is 0 Å². The number of nitrogens with zero attached hydrogens (tertiary/aromatic N) is 1. The van der Waals surface area contributed by atoms with E-state index in [4.69, 9.17) is 23.2 Å². The van der Waals surface area contributed by atoms with E-state index in [0.717, 1.165) is 5.56 Å². The SMILES string of the molecule is CC(C)(C(=O)NCc1ccncc1)C(=O)Nc1cc(Cl)cc(Cl)c1. The van der Waals surface area contributed by atoms with Gasteiger partial charge in [-0.05, 0) is 49.7 Å². The predicted molar refractivity (Wildman–Crippen MR) is 95.0 cm³/mol. The third kappa shape index (κ3) is 4.69. The summed E-state index contributed by atoms with van der Waals surface area (Å²) in [5.74, 6) is -0.835. The van der Waals surface area contributed by atoms with Crippen molar-refractivity contribution >= 4 is 40.7 Å². The van der Waals surface area contributed by atoms with E-state index in [9.17, 15) is 9.59 Å². The molecule has 1 aromatic carbocycles. The van der Waals surface area contributed by atoms with E-state index in [1.165, 1.54) is 0 Å². The van der Waals surface area contributed by atoms with Crippen molar-refractivity contribution in [2.24, 2.45) is 5.41 Å². The monoisotopic (exact) mass is 365 g/mol. The Hall–Kier alpha value is -2.11. The summed E-state index contributed by atoms with van der Waals surface area (Å²) in [5.41, 5.74) is 0.0747. The summed E-state index contributed by atoms with van der Waals surface area (Å²) in [6.07, 6.45) is 3.28. The highest BCUT2D eigenvalue weighted by molar-refractivity contribution is 6.35. The van der Waals surface area contributed by atoms with Gasteiger partial charge in [-0.3, -0.25) is 14.6 Å². The lowest BCUT2D eigenvalue weighted by Gasteiger charge is -2.23. The second kappa shape index (κ2) is 7.64. The van der Waals surface area contributed by atoms with E-state index < -0.39 is 11.3 Å². The van der Waals surface area contributed by atoms with Crippen LogP contribution in [0.1, 0.15) is 19.4 Å². The van der Waals surface area contributed by atoms with Gasteiger partial charge in [0, 0.05) is 34.7 Å². The lowest BCUT2D eigenvalue weighted by molar-refractivity contribution is -0.138. The number of carbonyl (C=O) groups excluding carboxylic acids is 2. The van der Waals surface area contributed by atoms with Gasteiger partial charge in [-0.15, -0.1) is 0 Å². The van der Waals surface area contributed by atoms with Crippen LogP contribution in [-0.2, 0) is 16.1 Å². The lowest BCUT2D eigenvalue weighted by atomic mass is 9.91. The summed E-state index contributed by atoms with van der Waals surface area (Å²) in [5, 5.41) is 6.21. The predicted octanol–water partition coefficient (Wildman–Crippen LogP) is 3.67. The third-order valence-corrected chi connectivity index (χ3v) is 3.89. The molecule has 2 N–H and O–H groups in total. The maximum Gasteiger partial charge on any atom is 0.239 e. The molecule has 1 aromatic heterocycles. The van der Waals surface area contributed by atoms with Crippen LogP contribution in [0.2, 0.25) is 10.0 Å². The summed E-state index contributed by atoms with van der Waals surface area (Å²) in [4.78, 5) is 28.7. The van der Waals surface area contributed by atoms with E-state index in [1.807, 2.05) is 0 Å². The highest BCUT2D eigenvalue weighted by atomic mass is 35.5. The van der Waals surface area contributed by atoms with Crippen molar-refractivity contribution in [3.05, 3.63) is 58.3 Å². The molecule has 1 heterocycles. The van der Waals surface area contributed by atoms with Gasteiger partial charge in [-0.25, -0.2) is 0 Å². The van der Waals surface area contributed by atoms with Crippen LogP contribution in [0.4, 0.5) is 5.69 Å². The van der Waals surface area contributed by atoms with Crippen LogP contribution in [0.3, 0.4) is 0 Å². The van der Waals surface area contributed by atoms with Crippen molar-refractivity contribution in [3.8, 4) is 0 Å². The summed E-state index contributed by atoms with van der Waals surface area (Å²) < 4.78 is 0. The number of amides is 2. The van der Waals surface area contributed by atoms with Gasteiger partial charge in [0.05, 0.1) is 0 Å². The van der Waals surface area contributed by atoms with Gasteiger partial charge in [-0.1, -0.05) is 23.2 Å². The maximum atomic E-state index is 12.4. The molecule has 0 aliphatic rings. The summed E-state index contributed by atoms with van der Waals surface area (Å²) >= 11 is 11.8. The number of carbonyl (C=O) groups is 2. The van der Waals surface area contributed by atoms with Gasteiger partial charge >= 0.3 is 0 Å². The third-order valence-electron chi connectivity index (χ3n) is 3.46. The average Bonchev–Trinajstić information content (AvgIpc) is 2.52. The molecule has 0 unspecified atom stereocenters. The van der Waals surface area contributed by atoms with Crippen LogP contribution in [0.15, 0.2) is 42.7 Å². The zero-order valence-electron chi connectivity index (χ0n) is 13.3. The first-order valence-corrected chi connectivity index (χ1v) is 7.99. The molecule has 0 atom stereocenters. The van der Waals surface area contributed by atoms with Gasteiger partial charge in [-0.2, -0.15) is 0 Å². The fraction of sp³-hybridized carbons (Fsp3) is 0.235. The number of halogens is 2. The van der Waals surface area contributed by atoms with E-state index in [-0.39, 0.29) is 5.91 Å². The molecule has 2 rings (SSSR count). The Labute approximate surface area is 150 Å². The average molecular weight is 366 g/mol. The Morgan fingerprint density at radius 3 is 2.21 bits per heavy atom.